The zero-order valence-electron chi connectivity index (χ0n) is 10.1. The first-order valence-electron chi connectivity index (χ1n) is 5.45. The van der Waals surface area contributed by atoms with Gasteiger partial charge in [0, 0.05) is 14.8 Å². The van der Waals surface area contributed by atoms with E-state index < -0.39 is 0 Å². The third-order valence-electron chi connectivity index (χ3n) is 2.67. The molecule has 0 fully saturated rings. The van der Waals surface area contributed by atoms with Gasteiger partial charge in [-0.1, -0.05) is 17.7 Å². The minimum Gasteiger partial charge on any atom is -0.143 e. The molecule has 0 spiro atoms. The number of halogens is 2. The molecule has 0 aliphatic carbocycles. The van der Waals surface area contributed by atoms with Crippen molar-refractivity contribution in [2.75, 3.05) is 0 Å². The van der Waals surface area contributed by atoms with Crippen molar-refractivity contribution in [3.8, 4) is 0 Å². The molecular weight excluding hydrogens is 271 g/mol. The van der Waals surface area contributed by atoms with Gasteiger partial charge in [0.15, 0.2) is 0 Å². The third kappa shape index (κ3) is 2.85. The zero-order chi connectivity index (χ0) is 12.6. The molecular formula is C14H14Cl2S. The number of alkyl halides is 1. The minimum atomic E-state index is -0.105. The van der Waals surface area contributed by atoms with Gasteiger partial charge in [0.1, 0.15) is 0 Å². The summed E-state index contributed by atoms with van der Waals surface area (Å²) in [6.45, 7) is 6.24. The Bertz CT molecular complexity index is 523. The Balaban J connectivity index is 2.43. The van der Waals surface area contributed by atoms with Crippen LogP contribution in [0.5, 0.6) is 0 Å². The van der Waals surface area contributed by atoms with E-state index in [1.165, 1.54) is 15.3 Å². The molecule has 2 rings (SSSR count). The van der Waals surface area contributed by atoms with Gasteiger partial charge < -0.3 is 0 Å². The molecule has 0 aliphatic heterocycles. The van der Waals surface area contributed by atoms with Gasteiger partial charge in [0.05, 0.1) is 5.38 Å². The minimum absolute atomic E-state index is 0.105. The third-order valence-corrected chi connectivity index (χ3v) is 4.70. The van der Waals surface area contributed by atoms with Gasteiger partial charge in [-0.05, 0) is 55.7 Å². The average molecular weight is 285 g/mol. The summed E-state index contributed by atoms with van der Waals surface area (Å²) in [6.07, 6.45) is 0. The molecule has 0 amide bonds. The molecule has 1 aromatic heterocycles. The first kappa shape index (κ1) is 12.9. The van der Waals surface area contributed by atoms with E-state index in [1.54, 1.807) is 11.3 Å². The second kappa shape index (κ2) is 5.01. The number of thiophene rings is 1. The van der Waals surface area contributed by atoms with Crippen molar-refractivity contribution in [1.29, 1.82) is 0 Å². The van der Waals surface area contributed by atoms with E-state index in [2.05, 4.69) is 26.0 Å². The summed E-state index contributed by atoms with van der Waals surface area (Å²) in [5, 5.41) is 0.641. The van der Waals surface area contributed by atoms with Crippen LogP contribution in [0.4, 0.5) is 0 Å². The van der Waals surface area contributed by atoms with Crippen molar-refractivity contribution < 1.29 is 0 Å². The maximum absolute atomic E-state index is 6.55. The average Bonchev–Trinajstić information content (AvgIpc) is 2.55. The summed E-state index contributed by atoms with van der Waals surface area (Å²) in [5.74, 6) is 0. The topological polar surface area (TPSA) is 0 Å². The van der Waals surface area contributed by atoms with Gasteiger partial charge in [0.2, 0.25) is 0 Å². The highest BCUT2D eigenvalue weighted by Crippen LogP contribution is 2.37. The zero-order valence-corrected chi connectivity index (χ0v) is 12.4. The molecule has 0 bridgehead atoms. The van der Waals surface area contributed by atoms with Gasteiger partial charge in [-0.25, -0.2) is 0 Å². The van der Waals surface area contributed by atoms with Gasteiger partial charge in [-0.15, -0.1) is 22.9 Å². The monoisotopic (exact) mass is 284 g/mol. The second-order valence-corrected chi connectivity index (χ2v) is 6.49. The Kier molecular flexibility index (Phi) is 3.82. The highest BCUT2D eigenvalue weighted by atomic mass is 35.5. The van der Waals surface area contributed by atoms with Crippen LogP contribution in [0.3, 0.4) is 0 Å². The lowest BCUT2D eigenvalue weighted by atomic mass is 10.1. The first-order valence-corrected chi connectivity index (χ1v) is 7.08. The summed E-state index contributed by atoms with van der Waals surface area (Å²) >= 11 is 14.4. The molecule has 1 atom stereocenters. The van der Waals surface area contributed by atoms with Crippen molar-refractivity contribution in [3.05, 3.63) is 55.7 Å². The summed E-state index contributed by atoms with van der Waals surface area (Å²) < 4.78 is 0. The van der Waals surface area contributed by atoms with E-state index in [0.29, 0.717) is 0 Å². The van der Waals surface area contributed by atoms with Gasteiger partial charge in [-0.3, -0.25) is 0 Å². The highest BCUT2D eigenvalue weighted by molar-refractivity contribution is 7.12. The van der Waals surface area contributed by atoms with E-state index in [0.717, 1.165) is 16.1 Å². The van der Waals surface area contributed by atoms with Crippen LogP contribution in [0.15, 0.2) is 24.3 Å². The maximum atomic E-state index is 6.55. The normalized spacial score (nSPS) is 12.8. The molecule has 0 radical (unpaired) electrons. The quantitative estimate of drug-likeness (QED) is 0.625. The van der Waals surface area contributed by atoms with Crippen LogP contribution in [-0.2, 0) is 0 Å². The van der Waals surface area contributed by atoms with Crippen molar-refractivity contribution in [2.24, 2.45) is 0 Å². The lowest BCUT2D eigenvalue weighted by molar-refractivity contribution is 1.15. The number of hydrogen-bond donors (Lipinski definition) is 0. The smallest absolute Gasteiger partial charge is 0.0931 e. The standard InChI is InChI=1S/C14H14Cl2S/c1-8-4-11(7-12(15)5-8)13(16)14-9(2)6-10(3)17-14/h4-7,13H,1-3H3. The number of benzene rings is 1. The number of aryl methyl sites for hydroxylation is 3. The van der Waals surface area contributed by atoms with Crippen molar-refractivity contribution in [1.82, 2.24) is 0 Å². The maximum Gasteiger partial charge on any atom is 0.0931 e. The Morgan fingerprint density at radius 1 is 1.06 bits per heavy atom. The lowest BCUT2D eigenvalue weighted by Gasteiger charge is -2.11. The van der Waals surface area contributed by atoms with Crippen LogP contribution in [0.1, 0.15) is 31.8 Å². The van der Waals surface area contributed by atoms with E-state index in [4.69, 9.17) is 23.2 Å². The summed E-state index contributed by atoms with van der Waals surface area (Å²) in [4.78, 5) is 2.51. The molecule has 0 saturated carbocycles. The van der Waals surface area contributed by atoms with Crippen molar-refractivity contribution >= 4 is 34.5 Å². The largest absolute Gasteiger partial charge is 0.143 e. The van der Waals surface area contributed by atoms with Crippen LogP contribution in [0.25, 0.3) is 0 Å². The fourth-order valence-electron chi connectivity index (χ4n) is 1.97. The van der Waals surface area contributed by atoms with Crippen LogP contribution in [0, 0.1) is 20.8 Å². The molecule has 0 nitrogen and oxygen atoms in total. The summed E-state index contributed by atoms with van der Waals surface area (Å²) in [7, 11) is 0. The molecule has 0 saturated heterocycles. The predicted octanol–water partition coefficient (Wildman–Crippen LogP) is 5.65. The molecule has 1 heterocycles. The Morgan fingerprint density at radius 3 is 2.29 bits per heavy atom. The van der Waals surface area contributed by atoms with E-state index in [9.17, 15) is 0 Å². The van der Waals surface area contributed by atoms with E-state index >= 15 is 0 Å². The molecule has 2 aromatic rings. The first-order chi connectivity index (χ1) is 7.97. The Hall–Kier alpha value is -0.500. The van der Waals surface area contributed by atoms with Gasteiger partial charge >= 0.3 is 0 Å². The highest BCUT2D eigenvalue weighted by Gasteiger charge is 2.16. The molecule has 1 unspecified atom stereocenters. The van der Waals surface area contributed by atoms with Crippen LogP contribution < -0.4 is 0 Å². The lowest BCUT2D eigenvalue weighted by Crippen LogP contribution is -1.93. The SMILES string of the molecule is Cc1cc(Cl)cc(C(Cl)c2sc(C)cc2C)c1. The molecule has 0 aliphatic rings. The molecule has 3 heteroatoms. The molecule has 0 N–H and O–H groups in total. The van der Waals surface area contributed by atoms with E-state index in [-0.39, 0.29) is 5.38 Å². The van der Waals surface area contributed by atoms with Crippen LogP contribution >= 0.6 is 34.5 Å². The second-order valence-electron chi connectivity index (χ2n) is 4.33. The fourth-order valence-corrected chi connectivity index (χ4v) is 3.75. The van der Waals surface area contributed by atoms with Crippen LogP contribution in [0.2, 0.25) is 5.02 Å². The fraction of sp³-hybridized carbons (Fsp3) is 0.286. The number of rotatable bonds is 2. The molecule has 1 aromatic carbocycles. The van der Waals surface area contributed by atoms with Crippen LogP contribution in [-0.4, -0.2) is 0 Å². The molecule has 90 valence electrons. The van der Waals surface area contributed by atoms with Gasteiger partial charge in [0.25, 0.3) is 0 Å². The van der Waals surface area contributed by atoms with Crippen molar-refractivity contribution in [2.45, 2.75) is 26.1 Å². The predicted molar refractivity (Wildman–Crippen MR) is 77.7 cm³/mol. The Morgan fingerprint density at radius 2 is 1.76 bits per heavy atom. The number of hydrogen-bond acceptors (Lipinski definition) is 1. The Labute approximate surface area is 116 Å². The van der Waals surface area contributed by atoms with Gasteiger partial charge in [-0.2, -0.15) is 0 Å². The summed E-state index contributed by atoms with van der Waals surface area (Å²) in [6, 6.07) is 8.16. The van der Waals surface area contributed by atoms with Crippen molar-refractivity contribution in [3.63, 3.8) is 0 Å². The molecule has 17 heavy (non-hydrogen) atoms. The van der Waals surface area contributed by atoms with E-state index in [1.807, 2.05) is 19.1 Å². The summed E-state index contributed by atoms with van der Waals surface area (Å²) in [5.41, 5.74) is 3.47.